The zero-order valence-corrected chi connectivity index (χ0v) is 16.0. The molecule has 0 aliphatic heterocycles. The first-order chi connectivity index (χ1) is 13.4. The number of rotatable bonds is 4. The fourth-order valence-electron chi connectivity index (χ4n) is 2.65. The first-order valence-electron chi connectivity index (χ1n) is 8.13. The molecule has 0 spiro atoms. The minimum atomic E-state index is -0.485. The van der Waals surface area contributed by atoms with Crippen LogP contribution in [0.4, 0.5) is 10.8 Å². The number of thiazole rings is 1. The third-order valence-electron chi connectivity index (χ3n) is 4.06. The zero-order valence-electron chi connectivity index (χ0n) is 14.4. The van der Waals surface area contributed by atoms with Crippen molar-refractivity contribution in [1.29, 1.82) is 0 Å². The minimum Gasteiger partial charge on any atom is -0.451 e. The average Bonchev–Trinajstić information content (AvgIpc) is 3.29. The molecule has 0 fully saturated rings. The van der Waals surface area contributed by atoms with Crippen LogP contribution in [-0.4, -0.2) is 15.8 Å². The molecule has 0 bridgehead atoms. The van der Waals surface area contributed by atoms with E-state index in [4.69, 9.17) is 16.0 Å². The number of anilines is 1. The second-order valence-corrected chi connectivity index (χ2v) is 7.45. The van der Waals surface area contributed by atoms with Gasteiger partial charge in [0.1, 0.15) is 5.76 Å². The molecule has 0 aliphatic carbocycles. The van der Waals surface area contributed by atoms with Gasteiger partial charge in [0.15, 0.2) is 10.9 Å². The van der Waals surface area contributed by atoms with E-state index in [-0.39, 0.29) is 11.4 Å². The molecular weight excluding hydrogens is 402 g/mol. The van der Waals surface area contributed by atoms with Crippen LogP contribution in [0.5, 0.6) is 0 Å². The fraction of sp³-hybridized carbons (Fsp3) is 0.0526. The summed E-state index contributed by atoms with van der Waals surface area (Å²) in [5.74, 6) is -0.0194. The van der Waals surface area contributed by atoms with Crippen LogP contribution < -0.4 is 5.32 Å². The molecule has 0 unspecified atom stereocenters. The molecule has 1 amide bonds. The number of fused-ring (bicyclic) bond motifs is 1. The third kappa shape index (κ3) is 3.47. The number of aryl methyl sites for hydroxylation is 1. The maximum Gasteiger partial charge on any atom is 0.293 e. The number of nitro groups is 1. The van der Waals surface area contributed by atoms with E-state index in [1.165, 1.54) is 29.5 Å². The highest BCUT2D eigenvalue weighted by Gasteiger charge is 2.16. The van der Waals surface area contributed by atoms with Gasteiger partial charge < -0.3 is 4.42 Å². The van der Waals surface area contributed by atoms with Crippen molar-refractivity contribution in [3.63, 3.8) is 0 Å². The standard InChI is InChI=1S/C19H12ClN3O4S/c1-10-7-17-14(9-13(10)20)21-19(28-17)22-18(24)16-6-5-15(27-16)11-3-2-4-12(8-11)23(25)26/h2-9H,1H3,(H,21,22,24). The predicted octanol–water partition coefficient (Wildman–Crippen LogP) is 5.68. The summed E-state index contributed by atoms with van der Waals surface area (Å²) >= 11 is 7.44. The molecule has 9 heteroatoms. The number of non-ortho nitro benzene ring substituents is 1. The summed E-state index contributed by atoms with van der Waals surface area (Å²) in [4.78, 5) is 27.3. The quantitative estimate of drug-likeness (QED) is 0.343. The third-order valence-corrected chi connectivity index (χ3v) is 5.40. The summed E-state index contributed by atoms with van der Waals surface area (Å²) in [5.41, 5.74) is 2.10. The Kier molecular flexibility index (Phi) is 4.58. The molecule has 4 aromatic rings. The number of hydrogen-bond donors (Lipinski definition) is 1. The van der Waals surface area contributed by atoms with E-state index in [2.05, 4.69) is 10.3 Å². The number of benzene rings is 2. The van der Waals surface area contributed by atoms with Crippen LogP contribution in [0.1, 0.15) is 16.1 Å². The SMILES string of the molecule is Cc1cc2sc(NC(=O)c3ccc(-c4cccc([N+](=O)[O-])c4)o3)nc2cc1Cl. The van der Waals surface area contributed by atoms with Crippen LogP contribution >= 0.6 is 22.9 Å². The average molecular weight is 414 g/mol. The molecular formula is C19H12ClN3O4S. The second-order valence-electron chi connectivity index (χ2n) is 6.01. The number of nitro benzene ring substituents is 1. The van der Waals surface area contributed by atoms with Crippen LogP contribution in [0, 0.1) is 17.0 Å². The van der Waals surface area contributed by atoms with Crippen molar-refractivity contribution in [2.75, 3.05) is 5.32 Å². The summed E-state index contributed by atoms with van der Waals surface area (Å²) in [6.07, 6.45) is 0. The first kappa shape index (κ1) is 18.1. The van der Waals surface area contributed by atoms with Gasteiger partial charge in [0.05, 0.1) is 15.1 Å². The molecule has 2 aromatic heterocycles. The van der Waals surface area contributed by atoms with Crippen molar-refractivity contribution in [3.05, 3.63) is 75.0 Å². The van der Waals surface area contributed by atoms with Crippen molar-refractivity contribution in [1.82, 2.24) is 4.98 Å². The Morgan fingerprint density at radius 3 is 2.86 bits per heavy atom. The maximum absolute atomic E-state index is 12.5. The fourth-order valence-corrected chi connectivity index (χ4v) is 3.75. The topological polar surface area (TPSA) is 98.3 Å². The Labute approximate surface area is 167 Å². The number of nitrogens with zero attached hydrogens (tertiary/aromatic N) is 2. The van der Waals surface area contributed by atoms with E-state index in [0.29, 0.717) is 27.0 Å². The van der Waals surface area contributed by atoms with E-state index in [1.54, 1.807) is 24.3 Å². The number of amides is 1. The van der Waals surface area contributed by atoms with Gasteiger partial charge in [0, 0.05) is 22.7 Å². The van der Waals surface area contributed by atoms with Gasteiger partial charge in [-0.05, 0) is 36.8 Å². The number of carbonyl (C=O) groups is 1. The van der Waals surface area contributed by atoms with Crippen molar-refractivity contribution < 1.29 is 14.1 Å². The summed E-state index contributed by atoms with van der Waals surface area (Å²) in [7, 11) is 0. The number of hydrogen-bond acceptors (Lipinski definition) is 6. The van der Waals surface area contributed by atoms with Crippen molar-refractivity contribution in [2.24, 2.45) is 0 Å². The maximum atomic E-state index is 12.5. The Morgan fingerprint density at radius 2 is 2.07 bits per heavy atom. The monoisotopic (exact) mass is 413 g/mol. The molecule has 140 valence electrons. The van der Waals surface area contributed by atoms with Gasteiger partial charge in [-0.15, -0.1) is 0 Å². The van der Waals surface area contributed by atoms with Crippen molar-refractivity contribution >= 4 is 49.9 Å². The second kappa shape index (κ2) is 7.06. The highest BCUT2D eigenvalue weighted by atomic mass is 35.5. The Bertz CT molecular complexity index is 1190. The van der Waals surface area contributed by atoms with Gasteiger partial charge in [-0.1, -0.05) is 35.1 Å². The number of furan rings is 1. The van der Waals surface area contributed by atoms with Crippen molar-refractivity contribution in [3.8, 4) is 11.3 Å². The Morgan fingerprint density at radius 1 is 1.25 bits per heavy atom. The van der Waals surface area contributed by atoms with Crippen LogP contribution in [0.3, 0.4) is 0 Å². The van der Waals surface area contributed by atoms with E-state index in [0.717, 1.165) is 10.3 Å². The van der Waals surface area contributed by atoms with E-state index >= 15 is 0 Å². The summed E-state index contributed by atoms with van der Waals surface area (Å²) in [5, 5.41) is 14.7. The Hall–Kier alpha value is -3.23. The van der Waals surface area contributed by atoms with Crippen molar-refractivity contribution in [2.45, 2.75) is 6.92 Å². The first-order valence-corrected chi connectivity index (χ1v) is 9.33. The van der Waals surface area contributed by atoms with E-state index < -0.39 is 10.8 Å². The van der Waals surface area contributed by atoms with Gasteiger partial charge in [-0.2, -0.15) is 0 Å². The number of nitrogens with one attached hydrogen (secondary N) is 1. The van der Waals surface area contributed by atoms with Crippen LogP contribution in [0.25, 0.3) is 21.5 Å². The smallest absolute Gasteiger partial charge is 0.293 e. The molecule has 2 heterocycles. The lowest BCUT2D eigenvalue weighted by molar-refractivity contribution is -0.384. The van der Waals surface area contributed by atoms with Crippen LogP contribution in [0.2, 0.25) is 5.02 Å². The van der Waals surface area contributed by atoms with Gasteiger partial charge in [-0.25, -0.2) is 4.98 Å². The minimum absolute atomic E-state index is 0.0525. The summed E-state index contributed by atoms with van der Waals surface area (Å²) in [6, 6.07) is 12.8. The van der Waals surface area contributed by atoms with E-state index in [1.807, 2.05) is 13.0 Å². The lowest BCUT2D eigenvalue weighted by Gasteiger charge is -1.99. The highest BCUT2D eigenvalue weighted by molar-refractivity contribution is 7.22. The molecule has 0 radical (unpaired) electrons. The molecule has 28 heavy (non-hydrogen) atoms. The molecule has 1 N–H and O–H groups in total. The normalized spacial score (nSPS) is 10.9. The Balaban J connectivity index is 1.56. The van der Waals surface area contributed by atoms with Gasteiger partial charge in [0.25, 0.3) is 11.6 Å². The molecule has 2 aromatic carbocycles. The van der Waals surface area contributed by atoms with Crippen LogP contribution in [0.15, 0.2) is 52.9 Å². The molecule has 0 atom stereocenters. The zero-order chi connectivity index (χ0) is 19.8. The summed E-state index contributed by atoms with van der Waals surface area (Å²) in [6.45, 7) is 1.90. The summed E-state index contributed by atoms with van der Waals surface area (Å²) < 4.78 is 6.48. The molecule has 0 saturated carbocycles. The number of carbonyl (C=O) groups excluding carboxylic acids is 1. The van der Waals surface area contributed by atoms with Gasteiger partial charge in [-0.3, -0.25) is 20.2 Å². The van der Waals surface area contributed by atoms with Crippen LogP contribution in [-0.2, 0) is 0 Å². The van der Waals surface area contributed by atoms with Gasteiger partial charge in [0.2, 0.25) is 0 Å². The predicted molar refractivity (Wildman–Crippen MR) is 108 cm³/mol. The highest BCUT2D eigenvalue weighted by Crippen LogP contribution is 2.31. The van der Waals surface area contributed by atoms with E-state index in [9.17, 15) is 14.9 Å². The lowest BCUT2D eigenvalue weighted by Crippen LogP contribution is -2.10. The lowest BCUT2D eigenvalue weighted by atomic mass is 10.1. The molecule has 0 aliphatic rings. The number of aromatic nitrogens is 1. The molecule has 7 nitrogen and oxygen atoms in total. The largest absolute Gasteiger partial charge is 0.451 e. The van der Waals surface area contributed by atoms with Gasteiger partial charge >= 0.3 is 0 Å². The molecule has 4 rings (SSSR count). The molecule has 0 saturated heterocycles. The number of halogens is 1.